The highest BCUT2D eigenvalue weighted by Gasteiger charge is 2.47. The number of halogens is 3. The van der Waals surface area contributed by atoms with Crippen molar-refractivity contribution < 1.29 is 13.2 Å². The van der Waals surface area contributed by atoms with Crippen molar-refractivity contribution in [2.24, 2.45) is 11.7 Å². The third kappa shape index (κ3) is 1.91. The topological polar surface area (TPSA) is 26.0 Å². The maximum atomic E-state index is 13.3. The Labute approximate surface area is 115 Å². The van der Waals surface area contributed by atoms with Crippen LogP contribution in [0.5, 0.6) is 0 Å². The summed E-state index contributed by atoms with van der Waals surface area (Å²) in [6.45, 7) is -0.406. The predicted octanol–water partition coefficient (Wildman–Crippen LogP) is 3.94. The van der Waals surface area contributed by atoms with Gasteiger partial charge < -0.3 is 5.73 Å². The molecule has 3 rings (SSSR count). The molecule has 0 radical (unpaired) electrons. The second-order valence-electron chi connectivity index (χ2n) is 5.04. The van der Waals surface area contributed by atoms with Crippen LogP contribution in [0, 0.1) is 5.92 Å². The molecular weight excluding hydrogens is 263 g/mol. The molecular formula is C16H14F3N. The molecule has 20 heavy (non-hydrogen) atoms. The van der Waals surface area contributed by atoms with Crippen molar-refractivity contribution in [3.05, 3.63) is 59.7 Å². The zero-order chi connectivity index (χ0) is 14.3. The molecule has 0 aromatic heterocycles. The van der Waals surface area contributed by atoms with Crippen LogP contribution in [0.1, 0.15) is 17.0 Å². The normalized spacial score (nSPS) is 15.8. The summed E-state index contributed by atoms with van der Waals surface area (Å²) in [5.41, 5.74) is 8.65. The highest BCUT2D eigenvalue weighted by atomic mass is 19.4. The van der Waals surface area contributed by atoms with Gasteiger partial charge in [0.15, 0.2) is 0 Å². The molecule has 2 aromatic rings. The van der Waals surface area contributed by atoms with Crippen LogP contribution < -0.4 is 5.73 Å². The van der Waals surface area contributed by atoms with Crippen LogP contribution in [-0.2, 0) is 0 Å². The number of fused-ring (bicyclic) bond motifs is 3. The van der Waals surface area contributed by atoms with Gasteiger partial charge in [-0.3, -0.25) is 0 Å². The fourth-order valence-corrected chi connectivity index (χ4v) is 3.09. The molecule has 0 spiro atoms. The summed E-state index contributed by atoms with van der Waals surface area (Å²) in [7, 11) is 0. The minimum absolute atomic E-state index is 0.406. The van der Waals surface area contributed by atoms with Gasteiger partial charge in [0.1, 0.15) is 0 Å². The minimum Gasteiger partial charge on any atom is -0.330 e. The van der Waals surface area contributed by atoms with E-state index in [1.165, 1.54) is 0 Å². The number of nitrogens with two attached hydrogens (primary N) is 1. The molecule has 0 fully saturated rings. The van der Waals surface area contributed by atoms with E-state index >= 15 is 0 Å². The van der Waals surface area contributed by atoms with Gasteiger partial charge in [-0.1, -0.05) is 48.5 Å². The smallest absolute Gasteiger partial charge is 0.330 e. The second-order valence-corrected chi connectivity index (χ2v) is 5.04. The molecule has 1 aliphatic carbocycles. The van der Waals surface area contributed by atoms with Crippen LogP contribution in [0.25, 0.3) is 11.1 Å². The maximum Gasteiger partial charge on any atom is 0.393 e. The van der Waals surface area contributed by atoms with Crippen LogP contribution in [0.2, 0.25) is 0 Å². The van der Waals surface area contributed by atoms with E-state index in [0.29, 0.717) is 0 Å². The van der Waals surface area contributed by atoms with Crippen LogP contribution in [-0.4, -0.2) is 12.7 Å². The van der Waals surface area contributed by atoms with E-state index in [9.17, 15) is 13.2 Å². The number of hydrogen-bond donors (Lipinski definition) is 1. The summed E-state index contributed by atoms with van der Waals surface area (Å²) in [6.07, 6.45) is -4.30. The van der Waals surface area contributed by atoms with E-state index in [-0.39, 0.29) is 0 Å². The fourth-order valence-electron chi connectivity index (χ4n) is 3.09. The van der Waals surface area contributed by atoms with Gasteiger partial charge in [-0.2, -0.15) is 13.2 Å². The largest absolute Gasteiger partial charge is 0.393 e. The van der Waals surface area contributed by atoms with Gasteiger partial charge in [-0.25, -0.2) is 0 Å². The van der Waals surface area contributed by atoms with Gasteiger partial charge in [0.05, 0.1) is 5.92 Å². The highest BCUT2D eigenvalue weighted by Crippen LogP contribution is 2.51. The fraction of sp³-hybridized carbons (Fsp3) is 0.250. The molecule has 1 atom stereocenters. The van der Waals surface area contributed by atoms with E-state index in [2.05, 4.69) is 0 Å². The lowest BCUT2D eigenvalue weighted by Gasteiger charge is -2.26. The lowest BCUT2D eigenvalue weighted by atomic mass is 9.83. The zero-order valence-electron chi connectivity index (χ0n) is 10.7. The van der Waals surface area contributed by atoms with E-state index < -0.39 is 24.6 Å². The van der Waals surface area contributed by atoms with Gasteiger partial charge in [0.2, 0.25) is 0 Å². The number of hydrogen-bond acceptors (Lipinski definition) is 1. The van der Waals surface area contributed by atoms with Crippen LogP contribution >= 0.6 is 0 Å². The molecule has 1 unspecified atom stereocenters. The van der Waals surface area contributed by atoms with Crippen molar-refractivity contribution in [1.29, 1.82) is 0 Å². The molecule has 0 amide bonds. The Morgan fingerprint density at radius 2 is 1.35 bits per heavy atom. The van der Waals surface area contributed by atoms with Gasteiger partial charge in [0.25, 0.3) is 0 Å². The first-order chi connectivity index (χ1) is 9.54. The molecule has 104 valence electrons. The lowest BCUT2D eigenvalue weighted by Crippen LogP contribution is -2.35. The Bertz CT molecular complexity index is 588. The standard InChI is InChI=1S/C16H14F3N/c17-16(18,19)14(9-20)15-12-7-3-1-5-10(12)11-6-2-4-8-13(11)15/h1-8,14-15H,9,20H2. The number of rotatable bonds is 2. The Morgan fingerprint density at radius 3 is 1.75 bits per heavy atom. The third-order valence-electron chi connectivity index (χ3n) is 3.96. The van der Waals surface area contributed by atoms with Crippen molar-refractivity contribution in [2.75, 3.05) is 6.54 Å². The van der Waals surface area contributed by atoms with Crippen molar-refractivity contribution in [3.8, 4) is 11.1 Å². The average Bonchev–Trinajstić information content (AvgIpc) is 2.74. The van der Waals surface area contributed by atoms with E-state index in [4.69, 9.17) is 5.73 Å². The lowest BCUT2D eigenvalue weighted by molar-refractivity contribution is -0.175. The Hall–Kier alpha value is -1.81. The van der Waals surface area contributed by atoms with Gasteiger partial charge in [-0.05, 0) is 22.3 Å². The predicted molar refractivity (Wildman–Crippen MR) is 72.3 cm³/mol. The Balaban J connectivity index is 2.21. The average molecular weight is 277 g/mol. The van der Waals surface area contributed by atoms with Crippen molar-refractivity contribution in [1.82, 2.24) is 0 Å². The van der Waals surface area contributed by atoms with Gasteiger partial charge >= 0.3 is 6.18 Å². The first-order valence-corrected chi connectivity index (χ1v) is 6.49. The number of alkyl halides is 3. The molecule has 0 bridgehead atoms. The molecule has 2 aromatic carbocycles. The third-order valence-corrected chi connectivity index (χ3v) is 3.96. The summed E-state index contributed by atoms with van der Waals surface area (Å²) in [5.74, 6) is -2.25. The molecule has 4 heteroatoms. The molecule has 1 nitrogen and oxygen atoms in total. The molecule has 2 N–H and O–H groups in total. The van der Waals surface area contributed by atoms with E-state index in [1.54, 1.807) is 24.3 Å². The van der Waals surface area contributed by atoms with E-state index in [1.807, 2.05) is 24.3 Å². The van der Waals surface area contributed by atoms with E-state index in [0.717, 1.165) is 22.3 Å². The quantitative estimate of drug-likeness (QED) is 0.884. The van der Waals surface area contributed by atoms with Crippen molar-refractivity contribution >= 4 is 0 Å². The molecule has 0 heterocycles. The van der Waals surface area contributed by atoms with Gasteiger partial charge in [-0.15, -0.1) is 0 Å². The van der Waals surface area contributed by atoms with Gasteiger partial charge in [0, 0.05) is 12.5 Å². The summed E-state index contributed by atoms with van der Waals surface area (Å²) >= 11 is 0. The molecule has 1 aliphatic rings. The van der Waals surface area contributed by atoms with Crippen molar-refractivity contribution in [3.63, 3.8) is 0 Å². The zero-order valence-corrected chi connectivity index (χ0v) is 10.7. The monoisotopic (exact) mass is 277 g/mol. The molecule has 0 aliphatic heterocycles. The van der Waals surface area contributed by atoms with Crippen LogP contribution in [0.4, 0.5) is 13.2 Å². The SMILES string of the molecule is NCC(C1c2ccccc2-c2ccccc21)C(F)(F)F. The summed E-state index contributed by atoms with van der Waals surface area (Å²) in [5, 5.41) is 0. The second kappa shape index (κ2) is 4.63. The van der Waals surface area contributed by atoms with Crippen LogP contribution in [0.3, 0.4) is 0 Å². The maximum absolute atomic E-state index is 13.3. The molecule has 0 saturated carbocycles. The summed E-state index contributed by atoms with van der Waals surface area (Å²) in [4.78, 5) is 0. The minimum atomic E-state index is -4.30. The first-order valence-electron chi connectivity index (χ1n) is 6.49. The van der Waals surface area contributed by atoms with Crippen molar-refractivity contribution in [2.45, 2.75) is 12.1 Å². The Morgan fingerprint density at radius 1 is 0.900 bits per heavy atom. The molecule has 0 saturated heterocycles. The van der Waals surface area contributed by atoms with Crippen LogP contribution in [0.15, 0.2) is 48.5 Å². The first kappa shape index (κ1) is 13.2. The summed E-state index contributed by atoms with van der Waals surface area (Å²) in [6, 6.07) is 14.6. The highest BCUT2D eigenvalue weighted by molar-refractivity contribution is 5.78. The summed E-state index contributed by atoms with van der Waals surface area (Å²) < 4.78 is 39.8. The number of benzene rings is 2. The Kier molecular flexibility index (Phi) is 3.05.